The Hall–Kier alpha value is -2.80. The van der Waals surface area contributed by atoms with Crippen molar-refractivity contribution in [2.45, 2.75) is 13.5 Å². The lowest BCUT2D eigenvalue weighted by Gasteiger charge is -2.20. The van der Waals surface area contributed by atoms with E-state index in [1.54, 1.807) is 38.3 Å². The van der Waals surface area contributed by atoms with Crippen LogP contribution >= 0.6 is 11.6 Å². The Kier molecular flexibility index (Phi) is 4.21. The van der Waals surface area contributed by atoms with Gasteiger partial charge in [0.15, 0.2) is 16.5 Å². The first-order valence-electron chi connectivity index (χ1n) is 9.36. The molecule has 0 N–H and O–H groups in total. The van der Waals surface area contributed by atoms with Gasteiger partial charge in [0.05, 0.1) is 25.6 Å². The minimum Gasteiger partial charge on any atom is -0.497 e. The van der Waals surface area contributed by atoms with Crippen LogP contribution < -0.4 is 9.64 Å². The lowest BCUT2D eigenvalue weighted by molar-refractivity contribution is 0.0516. The number of fused-ring (bicyclic) bond motifs is 1. The largest absolute Gasteiger partial charge is 0.497 e. The molecule has 3 rings (SSSR count). The van der Waals surface area contributed by atoms with Crippen LogP contribution in [0.25, 0.3) is 5.65 Å². The molecule has 0 aliphatic rings. The fourth-order valence-electron chi connectivity index (χ4n) is 2.46. The highest BCUT2D eigenvalue weighted by Gasteiger charge is 2.19. The molecule has 26 heavy (non-hydrogen) atoms. The minimum absolute atomic E-state index is 0.0139. The number of carbonyl (C=O) groups is 1. The van der Waals surface area contributed by atoms with Crippen molar-refractivity contribution in [1.82, 2.24) is 14.6 Å². The molecule has 2 aromatic heterocycles. The van der Waals surface area contributed by atoms with Crippen molar-refractivity contribution in [2.75, 3.05) is 25.6 Å². The summed E-state index contributed by atoms with van der Waals surface area (Å²) < 4.78 is 35.3. The summed E-state index contributed by atoms with van der Waals surface area (Å²) in [5, 5.41) is 4.10. The maximum Gasteiger partial charge on any atom is 0.358 e. The molecule has 2 heterocycles. The maximum atomic E-state index is 12.2. The van der Waals surface area contributed by atoms with Gasteiger partial charge in [-0.1, -0.05) is 23.7 Å². The smallest absolute Gasteiger partial charge is 0.358 e. The molecule has 0 fully saturated rings. The molecule has 0 saturated carbocycles. The Labute approximate surface area is 160 Å². The van der Waals surface area contributed by atoms with Gasteiger partial charge < -0.3 is 14.4 Å². The van der Waals surface area contributed by atoms with Gasteiger partial charge in [0.25, 0.3) is 0 Å². The molecule has 0 aliphatic heterocycles. The number of hydrogen-bond acceptors (Lipinski definition) is 6. The van der Waals surface area contributed by atoms with E-state index in [2.05, 4.69) is 10.1 Å². The van der Waals surface area contributed by atoms with Gasteiger partial charge in [-0.05, 0) is 24.6 Å². The lowest BCUT2D eigenvalue weighted by Crippen LogP contribution is -2.18. The molecule has 0 amide bonds. The van der Waals surface area contributed by atoms with Crippen LogP contribution in [0.2, 0.25) is 5.15 Å². The number of esters is 1. The SMILES string of the molecule is [2H]C([2H])([2H])N(Cc1ccc(OC)cc1)c1cc(Cl)nn2c(C(=O)OCC)cnc12. The topological polar surface area (TPSA) is 69.0 Å². The number of anilines is 1. The summed E-state index contributed by atoms with van der Waals surface area (Å²) >= 11 is 6.13. The van der Waals surface area contributed by atoms with Crippen LogP contribution in [-0.2, 0) is 11.3 Å². The molecule has 0 unspecified atom stereocenters. The Bertz CT molecular complexity index is 1020. The number of halogens is 1. The van der Waals surface area contributed by atoms with Crippen LogP contribution in [0.3, 0.4) is 0 Å². The van der Waals surface area contributed by atoms with E-state index >= 15 is 0 Å². The second kappa shape index (κ2) is 7.61. The van der Waals surface area contributed by atoms with E-state index in [1.807, 2.05) is 0 Å². The quantitative estimate of drug-likeness (QED) is 0.614. The first kappa shape index (κ1) is 14.4. The van der Waals surface area contributed by atoms with E-state index in [9.17, 15) is 4.79 Å². The zero-order valence-corrected chi connectivity index (χ0v) is 15.0. The van der Waals surface area contributed by atoms with Gasteiger partial charge in [-0.2, -0.15) is 5.10 Å². The molecule has 0 aliphatic carbocycles. The minimum atomic E-state index is -2.50. The number of aromatic nitrogens is 3. The fraction of sp³-hybridized carbons (Fsp3) is 0.278. The molecule has 0 spiro atoms. The summed E-state index contributed by atoms with van der Waals surface area (Å²) in [5.41, 5.74) is 1.20. The molecule has 0 saturated heterocycles. The Balaban J connectivity index is 2.09. The third-order valence-corrected chi connectivity index (χ3v) is 3.88. The molecule has 0 radical (unpaired) electrons. The van der Waals surface area contributed by atoms with Crippen molar-refractivity contribution < 1.29 is 18.4 Å². The lowest BCUT2D eigenvalue weighted by atomic mass is 10.2. The van der Waals surface area contributed by atoms with Crippen LogP contribution in [0.5, 0.6) is 5.75 Å². The van der Waals surface area contributed by atoms with Gasteiger partial charge in [0.2, 0.25) is 0 Å². The summed E-state index contributed by atoms with van der Waals surface area (Å²) in [6.07, 6.45) is 1.28. The molecule has 0 bridgehead atoms. The Morgan fingerprint density at radius 3 is 2.81 bits per heavy atom. The summed E-state index contributed by atoms with van der Waals surface area (Å²) in [6, 6.07) is 8.45. The highest BCUT2D eigenvalue weighted by molar-refractivity contribution is 6.29. The number of nitrogens with zero attached hydrogens (tertiary/aromatic N) is 4. The van der Waals surface area contributed by atoms with Crippen molar-refractivity contribution >= 4 is 28.9 Å². The number of rotatable bonds is 6. The summed E-state index contributed by atoms with van der Waals surface area (Å²) in [5.74, 6) is 0.0344. The van der Waals surface area contributed by atoms with Crippen molar-refractivity contribution in [2.24, 2.45) is 0 Å². The van der Waals surface area contributed by atoms with Crippen LogP contribution in [-0.4, -0.2) is 41.3 Å². The highest BCUT2D eigenvalue weighted by atomic mass is 35.5. The summed E-state index contributed by atoms with van der Waals surface area (Å²) in [6.45, 7) is -0.588. The third-order valence-electron chi connectivity index (χ3n) is 3.69. The van der Waals surface area contributed by atoms with E-state index < -0.39 is 12.9 Å². The zero-order valence-electron chi connectivity index (χ0n) is 17.3. The molecular weight excluding hydrogens is 356 g/mol. The molecule has 3 aromatic rings. The van der Waals surface area contributed by atoms with Crippen LogP contribution in [0, 0.1) is 0 Å². The first-order valence-corrected chi connectivity index (χ1v) is 8.24. The molecule has 136 valence electrons. The number of imidazole rings is 1. The van der Waals surface area contributed by atoms with E-state index in [1.165, 1.54) is 21.7 Å². The maximum absolute atomic E-state index is 12.2. The van der Waals surface area contributed by atoms with Crippen LogP contribution in [0.4, 0.5) is 5.69 Å². The normalized spacial score (nSPS) is 13.0. The predicted octanol–water partition coefficient (Wildman–Crippen LogP) is 3.20. The predicted molar refractivity (Wildman–Crippen MR) is 99.1 cm³/mol. The fourth-order valence-corrected chi connectivity index (χ4v) is 2.64. The molecule has 8 heteroatoms. The van der Waals surface area contributed by atoms with E-state index in [0.717, 1.165) is 5.56 Å². The number of ether oxygens (including phenoxy) is 2. The molecule has 0 atom stereocenters. The average molecular weight is 378 g/mol. The van der Waals surface area contributed by atoms with Gasteiger partial charge in [0, 0.05) is 23.7 Å². The number of methoxy groups -OCH3 is 1. The van der Waals surface area contributed by atoms with Crippen molar-refractivity contribution in [3.05, 3.63) is 52.9 Å². The van der Waals surface area contributed by atoms with Gasteiger partial charge in [-0.15, -0.1) is 0 Å². The van der Waals surface area contributed by atoms with E-state index in [-0.39, 0.29) is 35.3 Å². The second-order valence-corrected chi connectivity index (χ2v) is 5.77. The van der Waals surface area contributed by atoms with Crippen molar-refractivity contribution in [3.63, 3.8) is 0 Å². The van der Waals surface area contributed by atoms with E-state index in [4.69, 9.17) is 25.2 Å². The number of benzene rings is 1. The van der Waals surface area contributed by atoms with Gasteiger partial charge >= 0.3 is 5.97 Å². The zero-order chi connectivity index (χ0) is 21.2. The van der Waals surface area contributed by atoms with Crippen LogP contribution in [0.1, 0.15) is 27.1 Å². The third kappa shape index (κ3) is 3.57. The van der Waals surface area contributed by atoms with Gasteiger partial charge in [-0.25, -0.2) is 14.3 Å². The van der Waals surface area contributed by atoms with Crippen LogP contribution in [0.15, 0.2) is 36.5 Å². The Morgan fingerprint density at radius 2 is 2.15 bits per heavy atom. The van der Waals surface area contributed by atoms with Gasteiger partial charge in [-0.3, -0.25) is 0 Å². The number of carbonyl (C=O) groups excluding carboxylic acids is 1. The summed E-state index contributed by atoms with van der Waals surface area (Å²) in [4.78, 5) is 17.5. The molecular formula is C18H19ClN4O3. The van der Waals surface area contributed by atoms with E-state index in [0.29, 0.717) is 5.75 Å². The average Bonchev–Trinajstić information content (AvgIpc) is 3.09. The highest BCUT2D eigenvalue weighted by Crippen LogP contribution is 2.25. The molecule has 1 aromatic carbocycles. The van der Waals surface area contributed by atoms with Crippen molar-refractivity contribution in [3.8, 4) is 5.75 Å². The van der Waals surface area contributed by atoms with Crippen molar-refractivity contribution in [1.29, 1.82) is 0 Å². The number of hydrogen-bond donors (Lipinski definition) is 0. The first-order chi connectivity index (χ1) is 13.7. The van der Waals surface area contributed by atoms with Gasteiger partial charge in [0.1, 0.15) is 5.75 Å². The monoisotopic (exact) mass is 377 g/mol. The Morgan fingerprint density at radius 1 is 1.38 bits per heavy atom. The molecule has 7 nitrogen and oxygen atoms in total. The summed E-state index contributed by atoms with van der Waals surface area (Å²) in [7, 11) is 1.55. The second-order valence-electron chi connectivity index (χ2n) is 5.39. The standard InChI is InChI=1S/C18H19ClN4O3/c1-4-26-18(24)15-10-20-17-14(9-16(19)21-23(15)17)22(2)11-12-5-7-13(25-3)8-6-12/h5-10H,4,11H2,1-3H3/i2D3.